The standard InChI is InChI=1S/C5H8N3.Rb/c1-3-8-6-4-5(2)7-8;/h3H2,1-2H3;/q-1;+1. The fourth-order valence-electron chi connectivity index (χ4n) is 0.489. The van der Waals surface area contributed by atoms with E-state index in [-0.39, 0.29) is 58.2 Å². The van der Waals surface area contributed by atoms with Gasteiger partial charge in [-0.25, -0.2) is 9.90 Å². The predicted molar refractivity (Wildman–Crippen MR) is 29.3 cm³/mol. The minimum atomic E-state index is 0. The molecule has 0 saturated heterocycles. The molecule has 0 aliphatic heterocycles. The fraction of sp³-hybridized carbons (Fsp3) is 0.600. The molecule has 0 fully saturated rings. The maximum absolute atomic E-state index is 3.98. The SMILES string of the molecule is CCn1n[c-]c(C)n1.[Rb+]. The Labute approximate surface area is 104 Å². The molecular formula is C5H8N3Rb. The average Bonchev–Trinajstić information content (AvgIpc) is 2.14. The van der Waals surface area contributed by atoms with E-state index >= 15 is 0 Å². The minimum Gasteiger partial charge on any atom is -0.374 e. The van der Waals surface area contributed by atoms with Crippen molar-refractivity contribution in [1.29, 1.82) is 0 Å². The van der Waals surface area contributed by atoms with E-state index in [1.807, 2.05) is 13.8 Å². The number of hydrogen-bond donors (Lipinski definition) is 0. The molecule has 0 aliphatic rings. The third kappa shape index (κ3) is 3.02. The smallest absolute Gasteiger partial charge is 0.374 e. The molecule has 0 unspecified atom stereocenters. The van der Waals surface area contributed by atoms with Crippen LogP contribution in [0.2, 0.25) is 0 Å². The summed E-state index contributed by atoms with van der Waals surface area (Å²) >= 11 is 0. The van der Waals surface area contributed by atoms with Gasteiger partial charge in [0.2, 0.25) is 0 Å². The molecule has 9 heavy (non-hydrogen) atoms. The Kier molecular flexibility index (Phi) is 5.21. The van der Waals surface area contributed by atoms with Gasteiger partial charge in [0.1, 0.15) is 0 Å². The zero-order valence-electron chi connectivity index (χ0n) is 6.05. The van der Waals surface area contributed by atoms with E-state index in [1.165, 1.54) is 0 Å². The van der Waals surface area contributed by atoms with Crippen molar-refractivity contribution in [2.24, 2.45) is 0 Å². The Balaban J connectivity index is 0.000000640. The van der Waals surface area contributed by atoms with Crippen LogP contribution in [0.15, 0.2) is 0 Å². The van der Waals surface area contributed by atoms with Crippen LogP contribution in [0, 0.1) is 13.1 Å². The van der Waals surface area contributed by atoms with Crippen molar-refractivity contribution in [3.05, 3.63) is 11.9 Å². The van der Waals surface area contributed by atoms with E-state index in [0.29, 0.717) is 0 Å². The number of aromatic nitrogens is 3. The van der Waals surface area contributed by atoms with Crippen molar-refractivity contribution in [2.75, 3.05) is 0 Å². The first-order valence-corrected chi connectivity index (χ1v) is 2.62. The van der Waals surface area contributed by atoms with Gasteiger partial charge in [-0.2, -0.15) is 0 Å². The summed E-state index contributed by atoms with van der Waals surface area (Å²) in [5.74, 6) is 0. The van der Waals surface area contributed by atoms with Crippen molar-refractivity contribution >= 4 is 0 Å². The second kappa shape index (κ2) is 4.71. The van der Waals surface area contributed by atoms with Crippen molar-refractivity contribution in [2.45, 2.75) is 20.4 Å². The van der Waals surface area contributed by atoms with E-state index in [4.69, 9.17) is 0 Å². The van der Waals surface area contributed by atoms with Crippen LogP contribution in [-0.2, 0) is 6.54 Å². The van der Waals surface area contributed by atoms with Crippen molar-refractivity contribution in [1.82, 2.24) is 15.0 Å². The summed E-state index contributed by atoms with van der Waals surface area (Å²) in [5.41, 5.74) is 0.854. The maximum Gasteiger partial charge on any atom is 1.00 e. The summed E-state index contributed by atoms with van der Waals surface area (Å²) in [7, 11) is 0. The van der Waals surface area contributed by atoms with Crippen molar-refractivity contribution < 1.29 is 58.2 Å². The first kappa shape index (κ1) is 9.95. The number of aryl methyl sites for hydroxylation is 2. The van der Waals surface area contributed by atoms with Crippen LogP contribution >= 0.6 is 0 Å². The third-order valence-electron chi connectivity index (χ3n) is 0.876. The molecular weight excluding hydrogens is 188 g/mol. The van der Waals surface area contributed by atoms with Crippen LogP contribution in [0.4, 0.5) is 0 Å². The van der Waals surface area contributed by atoms with Crippen LogP contribution in [-0.4, -0.2) is 15.0 Å². The van der Waals surface area contributed by atoms with Crippen LogP contribution in [0.1, 0.15) is 12.6 Å². The monoisotopic (exact) mass is 195 g/mol. The molecule has 0 saturated carbocycles. The van der Waals surface area contributed by atoms with E-state index in [2.05, 4.69) is 16.4 Å². The molecule has 44 valence electrons. The molecule has 0 atom stereocenters. The van der Waals surface area contributed by atoms with Crippen LogP contribution in [0.3, 0.4) is 0 Å². The third-order valence-corrected chi connectivity index (χ3v) is 0.876. The second-order valence-corrected chi connectivity index (χ2v) is 1.59. The summed E-state index contributed by atoms with van der Waals surface area (Å²) in [5, 5.41) is 7.79. The largest absolute Gasteiger partial charge is 1.00 e. The minimum absolute atomic E-state index is 0. The normalized spacial score (nSPS) is 8.67. The number of nitrogens with zero attached hydrogens (tertiary/aromatic N) is 3. The van der Waals surface area contributed by atoms with Gasteiger partial charge in [-0.15, -0.1) is 5.69 Å². The molecule has 1 rings (SSSR count). The first-order valence-electron chi connectivity index (χ1n) is 2.62. The van der Waals surface area contributed by atoms with E-state index < -0.39 is 0 Å². The van der Waals surface area contributed by atoms with Crippen LogP contribution < -0.4 is 58.2 Å². The molecule has 0 radical (unpaired) electrons. The van der Waals surface area contributed by atoms with Gasteiger partial charge in [-0.1, -0.05) is 6.92 Å². The van der Waals surface area contributed by atoms with Gasteiger partial charge in [0.25, 0.3) is 0 Å². The Morgan fingerprint density at radius 3 is 2.56 bits per heavy atom. The van der Waals surface area contributed by atoms with Crippen LogP contribution in [0.5, 0.6) is 0 Å². The summed E-state index contributed by atoms with van der Waals surface area (Å²) < 4.78 is 0. The zero-order chi connectivity index (χ0) is 5.98. The van der Waals surface area contributed by atoms with Gasteiger partial charge in [0, 0.05) is 0 Å². The summed E-state index contributed by atoms with van der Waals surface area (Å²) in [6.45, 7) is 4.69. The predicted octanol–water partition coefficient (Wildman–Crippen LogP) is -2.59. The molecule has 4 heteroatoms. The molecule has 0 aromatic carbocycles. The van der Waals surface area contributed by atoms with Gasteiger partial charge in [0.15, 0.2) is 0 Å². The van der Waals surface area contributed by atoms with Crippen molar-refractivity contribution in [3.63, 3.8) is 0 Å². The number of rotatable bonds is 1. The molecule has 0 N–H and O–H groups in total. The van der Waals surface area contributed by atoms with E-state index in [0.717, 1.165) is 12.2 Å². The first-order chi connectivity index (χ1) is 3.83. The van der Waals surface area contributed by atoms with E-state index in [9.17, 15) is 0 Å². The molecule has 0 bridgehead atoms. The molecule has 0 spiro atoms. The summed E-state index contributed by atoms with van der Waals surface area (Å²) in [6.07, 6.45) is 2.72. The molecule has 3 nitrogen and oxygen atoms in total. The van der Waals surface area contributed by atoms with Gasteiger partial charge in [0.05, 0.1) is 6.54 Å². The Morgan fingerprint density at radius 2 is 2.33 bits per heavy atom. The molecule has 0 aliphatic carbocycles. The number of hydrogen-bond acceptors (Lipinski definition) is 2. The van der Waals surface area contributed by atoms with Crippen LogP contribution in [0.25, 0.3) is 0 Å². The second-order valence-electron chi connectivity index (χ2n) is 1.59. The Bertz CT molecular complexity index is 172. The van der Waals surface area contributed by atoms with Gasteiger partial charge >= 0.3 is 58.2 Å². The molecule has 1 heterocycles. The van der Waals surface area contributed by atoms with Gasteiger partial charge in [-0.3, -0.25) is 0 Å². The van der Waals surface area contributed by atoms with Gasteiger partial charge < -0.3 is 11.3 Å². The quantitative estimate of drug-likeness (QED) is 0.461. The Hall–Kier alpha value is 0.945. The fourth-order valence-corrected chi connectivity index (χ4v) is 0.489. The molecule has 1 aromatic heterocycles. The maximum atomic E-state index is 3.98. The zero-order valence-corrected chi connectivity index (χ0v) is 11.0. The van der Waals surface area contributed by atoms with E-state index in [1.54, 1.807) is 4.80 Å². The molecule has 0 amide bonds. The van der Waals surface area contributed by atoms with Crippen molar-refractivity contribution in [3.8, 4) is 0 Å². The Morgan fingerprint density at radius 1 is 1.67 bits per heavy atom. The van der Waals surface area contributed by atoms with Gasteiger partial charge in [-0.05, 0) is 6.92 Å². The summed E-state index contributed by atoms with van der Waals surface area (Å²) in [4.78, 5) is 1.61. The average molecular weight is 196 g/mol. The summed E-state index contributed by atoms with van der Waals surface area (Å²) in [6, 6.07) is 0. The molecule has 1 aromatic rings. The topological polar surface area (TPSA) is 30.7 Å².